The monoisotopic (exact) mass is 646 g/mol. The third kappa shape index (κ3) is 7.43. The molecular formula is C30H28Cl2N2O6S2. The van der Waals surface area contributed by atoms with Gasteiger partial charge in [0.1, 0.15) is 12.3 Å². The van der Waals surface area contributed by atoms with Crippen molar-refractivity contribution in [1.82, 2.24) is 0 Å². The van der Waals surface area contributed by atoms with Crippen LogP contribution < -0.4 is 23.8 Å². The van der Waals surface area contributed by atoms with E-state index in [-0.39, 0.29) is 27.1 Å². The summed E-state index contributed by atoms with van der Waals surface area (Å²) in [6.45, 7) is -0.566. The fourth-order valence-corrected chi connectivity index (χ4v) is 6.72. The molecule has 220 valence electrons. The van der Waals surface area contributed by atoms with Crippen LogP contribution in [0.5, 0.6) is 17.2 Å². The minimum atomic E-state index is -4.33. The maximum Gasteiger partial charge on any atom is 0.265 e. The van der Waals surface area contributed by atoms with E-state index in [0.717, 1.165) is 14.8 Å². The lowest BCUT2D eigenvalue weighted by molar-refractivity contribution is -0.114. The van der Waals surface area contributed by atoms with E-state index in [1.54, 1.807) is 18.2 Å². The maximum atomic E-state index is 14.1. The van der Waals surface area contributed by atoms with Gasteiger partial charge in [0.05, 0.1) is 37.6 Å². The number of anilines is 2. The van der Waals surface area contributed by atoms with E-state index >= 15 is 0 Å². The molecule has 4 aromatic rings. The Morgan fingerprint density at radius 3 is 2.14 bits per heavy atom. The van der Waals surface area contributed by atoms with Gasteiger partial charge in [-0.15, -0.1) is 11.8 Å². The molecule has 0 unspecified atom stereocenters. The minimum Gasteiger partial charge on any atom is -0.495 e. The van der Waals surface area contributed by atoms with Crippen molar-refractivity contribution in [2.75, 3.05) is 37.5 Å². The maximum absolute atomic E-state index is 14.1. The number of methoxy groups -OCH3 is 3. The minimum absolute atomic E-state index is 0.0975. The number of nitrogens with one attached hydrogen (secondary N) is 1. The number of benzene rings is 4. The molecule has 0 aliphatic heterocycles. The summed E-state index contributed by atoms with van der Waals surface area (Å²) in [6.07, 6.45) is 0. The van der Waals surface area contributed by atoms with E-state index in [0.29, 0.717) is 22.2 Å². The fraction of sp³-hybridized carbons (Fsp3) is 0.167. The predicted octanol–water partition coefficient (Wildman–Crippen LogP) is 7.15. The van der Waals surface area contributed by atoms with E-state index in [1.165, 1.54) is 63.4 Å². The van der Waals surface area contributed by atoms with Crippen molar-refractivity contribution < 1.29 is 27.4 Å². The average molecular weight is 648 g/mol. The number of hydrogen-bond acceptors (Lipinski definition) is 7. The van der Waals surface area contributed by atoms with Crippen LogP contribution in [0.4, 0.5) is 11.4 Å². The normalized spacial score (nSPS) is 11.1. The summed E-state index contributed by atoms with van der Waals surface area (Å²) in [5, 5.41) is 3.79. The van der Waals surface area contributed by atoms with Crippen molar-refractivity contribution in [2.45, 2.75) is 15.5 Å². The van der Waals surface area contributed by atoms with Crippen LogP contribution in [-0.2, 0) is 20.6 Å². The third-order valence-corrected chi connectivity index (χ3v) is 9.50. The van der Waals surface area contributed by atoms with Gasteiger partial charge in [0.2, 0.25) is 5.91 Å². The first-order valence-electron chi connectivity index (χ1n) is 12.5. The first-order chi connectivity index (χ1) is 20.2. The molecule has 0 bridgehead atoms. The SMILES string of the molecule is COc1ccc(S(=O)(=O)N(CC(=O)Nc2ccccc2SCc2ccc(Cl)cc2)c2cc(Cl)ccc2OC)cc1OC. The Morgan fingerprint density at radius 1 is 0.810 bits per heavy atom. The molecule has 0 radical (unpaired) electrons. The Morgan fingerprint density at radius 2 is 1.45 bits per heavy atom. The number of rotatable bonds is 12. The predicted molar refractivity (Wildman–Crippen MR) is 168 cm³/mol. The number of para-hydroxylation sites is 1. The highest BCUT2D eigenvalue weighted by molar-refractivity contribution is 7.98. The Hall–Kier alpha value is -3.57. The van der Waals surface area contributed by atoms with Gasteiger partial charge in [-0.3, -0.25) is 9.10 Å². The van der Waals surface area contributed by atoms with Crippen LogP contribution in [0.2, 0.25) is 10.0 Å². The summed E-state index contributed by atoms with van der Waals surface area (Å²) in [5.74, 6) is 0.862. The average Bonchev–Trinajstić information content (AvgIpc) is 2.99. The quantitative estimate of drug-likeness (QED) is 0.163. The second kappa shape index (κ2) is 14.1. The smallest absolute Gasteiger partial charge is 0.265 e. The molecule has 0 saturated carbocycles. The van der Waals surface area contributed by atoms with Crippen molar-refractivity contribution in [2.24, 2.45) is 0 Å². The number of ether oxygens (including phenoxy) is 3. The van der Waals surface area contributed by atoms with E-state index in [4.69, 9.17) is 37.4 Å². The molecule has 0 spiro atoms. The largest absolute Gasteiger partial charge is 0.495 e. The number of halogens is 2. The standard InChI is InChI=1S/C30H28Cl2N2O6S2/c1-38-26-14-12-22(32)16-25(26)34(42(36,37)23-13-15-27(39-2)28(17-23)40-3)18-30(35)33-24-6-4-5-7-29(24)41-19-20-8-10-21(31)11-9-20/h4-17H,18-19H2,1-3H3,(H,33,35). The molecule has 4 rings (SSSR count). The van der Waals surface area contributed by atoms with Crippen molar-refractivity contribution >= 4 is 62.3 Å². The van der Waals surface area contributed by atoms with Gasteiger partial charge >= 0.3 is 0 Å². The van der Waals surface area contributed by atoms with Crippen molar-refractivity contribution in [3.05, 3.63) is 101 Å². The first-order valence-corrected chi connectivity index (χ1v) is 15.7. The molecule has 42 heavy (non-hydrogen) atoms. The summed E-state index contributed by atoms with van der Waals surface area (Å²) in [6, 6.07) is 23.5. The number of carbonyl (C=O) groups is 1. The van der Waals surface area contributed by atoms with Crippen molar-refractivity contribution in [3.63, 3.8) is 0 Å². The summed E-state index contributed by atoms with van der Waals surface area (Å²) >= 11 is 13.8. The van der Waals surface area contributed by atoms with Crippen LogP contribution in [-0.4, -0.2) is 42.2 Å². The van der Waals surface area contributed by atoms with Gasteiger partial charge in [-0.05, 0) is 60.2 Å². The topological polar surface area (TPSA) is 94.2 Å². The highest BCUT2D eigenvalue weighted by Crippen LogP contribution is 2.37. The van der Waals surface area contributed by atoms with E-state index in [1.807, 2.05) is 36.4 Å². The Balaban J connectivity index is 1.66. The zero-order valence-corrected chi connectivity index (χ0v) is 26.1. The molecule has 1 N–H and O–H groups in total. The lowest BCUT2D eigenvalue weighted by Gasteiger charge is -2.26. The van der Waals surface area contributed by atoms with Gasteiger partial charge in [0, 0.05) is 26.8 Å². The molecule has 0 aliphatic rings. The van der Waals surface area contributed by atoms with Gasteiger partial charge in [-0.1, -0.05) is 47.5 Å². The lowest BCUT2D eigenvalue weighted by atomic mass is 10.2. The van der Waals surface area contributed by atoms with E-state index < -0.39 is 22.5 Å². The Bertz CT molecular complexity index is 1670. The number of thioether (sulfide) groups is 1. The van der Waals surface area contributed by atoms with Crippen LogP contribution in [0, 0.1) is 0 Å². The Kier molecular flexibility index (Phi) is 10.5. The molecule has 0 aromatic heterocycles. The van der Waals surface area contributed by atoms with E-state index in [2.05, 4.69) is 5.32 Å². The third-order valence-electron chi connectivity index (χ3n) is 6.11. The second-order valence-electron chi connectivity index (χ2n) is 8.80. The molecule has 0 aliphatic carbocycles. The van der Waals surface area contributed by atoms with Crippen LogP contribution in [0.25, 0.3) is 0 Å². The molecule has 8 nitrogen and oxygen atoms in total. The van der Waals surface area contributed by atoms with E-state index in [9.17, 15) is 13.2 Å². The summed E-state index contributed by atoms with van der Waals surface area (Å²) in [7, 11) is -0.0670. The summed E-state index contributed by atoms with van der Waals surface area (Å²) in [5.41, 5.74) is 1.70. The molecule has 0 atom stereocenters. The number of nitrogens with zero attached hydrogens (tertiary/aromatic N) is 1. The molecular weight excluding hydrogens is 619 g/mol. The zero-order valence-electron chi connectivity index (χ0n) is 23.0. The molecule has 0 saturated heterocycles. The molecule has 1 amide bonds. The van der Waals surface area contributed by atoms with Crippen molar-refractivity contribution in [1.29, 1.82) is 0 Å². The van der Waals surface area contributed by atoms with Crippen LogP contribution in [0.15, 0.2) is 94.7 Å². The van der Waals surface area contributed by atoms with Crippen LogP contribution in [0.3, 0.4) is 0 Å². The van der Waals surface area contributed by atoms with Crippen molar-refractivity contribution in [3.8, 4) is 17.2 Å². The van der Waals surface area contributed by atoms with Crippen LogP contribution in [0.1, 0.15) is 5.56 Å². The van der Waals surface area contributed by atoms with Gasteiger partial charge < -0.3 is 19.5 Å². The lowest BCUT2D eigenvalue weighted by Crippen LogP contribution is -2.38. The molecule has 0 heterocycles. The fourth-order valence-electron chi connectivity index (χ4n) is 4.02. The highest BCUT2D eigenvalue weighted by Gasteiger charge is 2.31. The summed E-state index contributed by atoms with van der Waals surface area (Å²) < 4.78 is 45.1. The van der Waals surface area contributed by atoms with Crippen LogP contribution >= 0.6 is 35.0 Å². The van der Waals surface area contributed by atoms with Gasteiger partial charge in [-0.2, -0.15) is 0 Å². The number of hydrogen-bond donors (Lipinski definition) is 1. The zero-order chi connectivity index (χ0) is 30.3. The number of carbonyl (C=O) groups excluding carboxylic acids is 1. The number of sulfonamides is 1. The second-order valence-corrected chi connectivity index (χ2v) is 12.6. The highest BCUT2D eigenvalue weighted by atomic mass is 35.5. The summed E-state index contributed by atoms with van der Waals surface area (Å²) in [4.78, 5) is 14.2. The van der Waals surface area contributed by atoms with Gasteiger partial charge in [0.25, 0.3) is 10.0 Å². The number of amides is 1. The molecule has 12 heteroatoms. The van der Waals surface area contributed by atoms with Gasteiger partial charge in [-0.25, -0.2) is 8.42 Å². The molecule has 0 fully saturated rings. The first kappa shape index (κ1) is 31.4. The Labute approximate surface area is 259 Å². The molecule has 4 aromatic carbocycles. The van der Waals surface area contributed by atoms with Gasteiger partial charge in [0.15, 0.2) is 11.5 Å².